The van der Waals surface area contributed by atoms with Gasteiger partial charge in [0.1, 0.15) is 0 Å². The van der Waals surface area contributed by atoms with Gasteiger partial charge < -0.3 is 14.6 Å². The molecule has 0 radical (unpaired) electrons. The molecule has 0 fully saturated rings. The molecule has 1 N–H and O–H groups in total. The average Bonchev–Trinajstić information content (AvgIpc) is 2.77. The number of hydrogen-bond acceptors (Lipinski definition) is 3. The first-order chi connectivity index (χ1) is 8.38. The minimum Gasteiger partial charge on any atom is -0.382 e. The molecule has 1 heterocycles. The lowest BCUT2D eigenvalue weighted by atomic mass is 10.2. The van der Waals surface area contributed by atoms with E-state index in [2.05, 4.69) is 21.8 Å². The Labute approximate surface area is 104 Å². The average molecular weight is 239 g/mol. The second-order valence-electron chi connectivity index (χ2n) is 4.13. The van der Waals surface area contributed by atoms with Crippen LogP contribution in [0.4, 0.5) is 5.95 Å². The van der Waals surface area contributed by atoms with Crippen molar-refractivity contribution in [2.24, 2.45) is 0 Å². The van der Waals surface area contributed by atoms with Crippen LogP contribution in [0.2, 0.25) is 0 Å². The van der Waals surface area contributed by atoms with Crippen LogP contribution in [0.25, 0.3) is 0 Å². The SMILES string of the molecule is CCCCCn1ccnc1NCCCOCC. The van der Waals surface area contributed by atoms with E-state index in [1.807, 2.05) is 19.3 Å². The summed E-state index contributed by atoms with van der Waals surface area (Å²) in [5.41, 5.74) is 0. The van der Waals surface area contributed by atoms with Crippen LogP contribution in [0.1, 0.15) is 39.5 Å². The second kappa shape index (κ2) is 9.05. The van der Waals surface area contributed by atoms with Crippen molar-refractivity contribution in [3.63, 3.8) is 0 Å². The zero-order valence-electron chi connectivity index (χ0n) is 11.1. The number of aryl methyl sites for hydroxylation is 1. The number of nitrogens with one attached hydrogen (secondary N) is 1. The van der Waals surface area contributed by atoms with E-state index in [0.29, 0.717) is 0 Å². The van der Waals surface area contributed by atoms with Crippen LogP contribution < -0.4 is 5.32 Å². The maximum Gasteiger partial charge on any atom is 0.202 e. The predicted molar refractivity (Wildman–Crippen MR) is 71.4 cm³/mol. The molecule has 0 aromatic carbocycles. The lowest BCUT2D eigenvalue weighted by Gasteiger charge is -2.09. The molecule has 4 heteroatoms. The van der Waals surface area contributed by atoms with Gasteiger partial charge in [0.2, 0.25) is 5.95 Å². The molecule has 0 bridgehead atoms. The van der Waals surface area contributed by atoms with Crippen LogP contribution >= 0.6 is 0 Å². The topological polar surface area (TPSA) is 39.1 Å². The molecule has 4 nitrogen and oxygen atoms in total. The number of imidazole rings is 1. The van der Waals surface area contributed by atoms with Gasteiger partial charge in [-0.25, -0.2) is 4.98 Å². The van der Waals surface area contributed by atoms with Crippen molar-refractivity contribution in [1.82, 2.24) is 9.55 Å². The van der Waals surface area contributed by atoms with Gasteiger partial charge in [0.05, 0.1) is 0 Å². The summed E-state index contributed by atoms with van der Waals surface area (Å²) in [7, 11) is 0. The second-order valence-corrected chi connectivity index (χ2v) is 4.13. The number of unbranched alkanes of at least 4 members (excludes halogenated alkanes) is 2. The van der Waals surface area contributed by atoms with Gasteiger partial charge in [-0.1, -0.05) is 19.8 Å². The predicted octanol–water partition coefficient (Wildman–Crippen LogP) is 2.91. The molecule has 1 aromatic rings. The largest absolute Gasteiger partial charge is 0.382 e. The third-order valence-corrected chi connectivity index (χ3v) is 2.67. The van der Waals surface area contributed by atoms with Crippen LogP contribution in [0.15, 0.2) is 12.4 Å². The maximum atomic E-state index is 5.30. The molecule has 0 aliphatic carbocycles. The molecule has 98 valence electrons. The van der Waals surface area contributed by atoms with Gasteiger partial charge in [-0.3, -0.25) is 0 Å². The molecular formula is C13H25N3O. The molecule has 0 saturated carbocycles. The highest BCUT2D eigenvalue weighted by molar-refractivity contribution is 5.25. The number of anilines is 1. The summed E-state index contributed by atoms with van der Waals surface area (Å²) in [6, 6.07) is 0. The van der Waals surface area contributed by atoms with E-state index in [1.54, 1.807) is 0 Å². The first-order valence-corrected chi connectivity index (χ1v) is 6.71. The molecule has 0 saturated heterocycles. The van der Waals surface area contributed by atoms with Crippen molar-refractivity contribution in [2.45, 2.75) is 46.1 Å². The molecular weight excluding hydrogens is 214 g/mol. The van der Waals surface area contributed by atoms with Crippen LogP contribution in [0.3, 0.4) is 0 Å². The van der Waals surface area contributed by atoms with Crippen molar-refractivity contribution in [3.05, 3.63) is 12.4 Å². The van der Waals surface area contributed by atoms with Crippen LogP contribution in [0, 0.1) is 0 Å². The highest BCUT2D eigenvalue weighted by Crippen LogP contribution is 2.07. The van der Waals surface area contributed by atoms with Gasteiger partial charge in [0.25, 0.3) is 0 Å². The standard InChI is InChI=1S/C13H25N3O/c1-3-5-6-10-16-11-9-15-13(16)14-8-7-12-17-4-2/h9,11H,3-8,10,12H2,1-2H3,(H,14,15). The Morgan fingerprint density at radius 2 is 2.18 bits per heavy atom. The first-order valence-electron chi connectivity index (χ1n) is 6.71. The van der Waals surface area contributed by atoms with Gasteiger partial charge in [-0.05, 0) is 19.8 Å². The van der Waals surface area contributed by atoms with Gasteiger partial charge in [0, 0.05) is 38.7 Å². The fourth-order valence-electron chi connectivity index (χ4n) is 1.71. The van der Waals surface area contributed by atoms with Gasteiger partial charge in [-0.15, -0.1) is 0 Å². The maximum absolute atomic E-state index is 5.30. The van der Waals surface area contributed by atoms with Gasteiger partial charge in [-0.2, -0.15) is 0 Å². The van der Waals surface area contributed by atoms with Crippen molar-refractivity contribution in [3.8, 4) is 0 Å². The molecule has 1 rings (SSSR count). The lowest BCUT2D eigenvalue weighted by molar-refractivity contribution is 0.147. The third kappa shape index (κ3) is 5.73. The Balaban J connectivity index is 2.20. The molecule has 17 heavy (non-hydrogen) atoms. The highest BCUT2D eigenvalue weighted by Gasteiger charge is 2.00. The van der Waals surface area contributed by atoms with Crippen molar-refractivity contribution in [1.29, 1.82) is 0 Å². The summed E-state index contributed by atoms with van der Waals surface area (Å²) in [6.45, 7) is 7.84. The normalized spacial score (nSPS) is 10.7. The van der Waals surface area contributed by atoms with E-state index < -0.39 is 0 Å². The molecule has 0 unspecified atom stereocenters. The van der Waals surface area contributed by atoms with Crippen molar-refractivity contribution >= 4 is 5.95 Å². The zero-order valence-corrected chi connectivity index (χ0v) is 11.1. The molecule has 0 atom stereocenters. The number of rotatable bonds is 10. The molecule has 0 aliphatic rings. The number of nitrogens with zero attached hydrogens (tertiary/aromatic N) is 2. The van der Waals surface area contributed by atoms with E-state index in [9.17, 15) is 0 Å². The lowest BCUT2D eigenvalue weighted by Crippen LogP contribution is -2.10. The summed E-state index contributed by atoms with van der Waals surface area (Å²) < 4.78 is 7.49. The summed E-state index contributed by atoms with van der Waals surface area (Å²) >= 11 is 0. The van der Waals surface area contributed by atoms with Gasteiger partial charge in [0.15, 0.2) is 0 Å². The Hall–Kier alpha value is -1.03. The van der Waals surface area contributed by atoms with Crippen LogP contribution in [-0.2, 0) is 11.3 Å². The molecule has 1 aromatic heterocycles. The third-order valence-electron chi connectivity index (χ3n) is 2.67. The Kier molecular flexibility index (Phi) is 7.47. The smallest absolute Gasteiger partial charge is 0.202 e. The van der Waals surface area contributed by atoms with E-state index in [-0.39, 0.29) is 0 Å². The number of hydrogen-bond donors (Lipinski definition) is 1. The fourth-order valence-corrected chi connectivity index (χ4v) is 1.71. The summed E-state index contributed by atoms with van der Waals surface area (Å²) in [5, 5.41) is 3.35. The summed E-state index contributed by atoms with van der Waals surface area (Å²) in [4.78, 5) is 4.32. The quantitative estimate of drug-likeness (QED) is 0.638. The van der Waals surface area contributed by atoms with E-state index in [4.69, 9.17) is 4.74 Å². The van der Waals surface area contributed by atoms with Gasteiger partial charge >= 0.3 is 0 Å². The summed E-state index contributed by atoms with van der Waals surface area (Å²) in [5.74, 6) is 0.984. The fraction of sp³-hybridized carbons (Fsp3) is 0.769. The van der Waals surface area contributed by atoms with E-state index in [1.165, 1.54) is 19.3 Å². The molecule has 0 aliphatic heterocycles. The zero-order chi connectivity index (χ0) is 12.3. The molecule has 0 amide bonds. The van der Waals surface area contributed by atoms with Crippen LogP contribution in [0.5, 0.6) is 0 Å². The van der Waals surface area contributed by atoms with Crippen molar-refractivity contribution in [2.75, 3.05) is 25.1 Å². The Bertz CT molecular complexity index is 286. The minimum absolute atomic E-state index is 0.797. The van der Waals surface area contributed by atoms with E-state index in [0.717, 1.165) is 38.7 Å². The Morgan fingerprint density at radius 3 is 2.94 bits per heavy atom. The van der Waals surface area contributed by atoms with Crippen molar-refractivity contribution < 1.29 is 4.74 Å². The number of ether oxygens (including phenoxy) is 1. The highest BCUT2D eigenvalue weighted by atomic mass is 16.5. The minimum atomic E-state index is 0.797. The Morgan fingerprint density at radius 1 is 1.29 bits per heavy atom. The van der Waals surface area contributed by atoms with Crippen LogP contribution in [-0.4, -0.2) is 29.3 Å². The first kappa shape index (κ1) is 14.0. The number of aromatic nitrogens is 2. The molecule has 0 spiro atoms. The monoisotopic (exact) mass is 239 g/mol. The van der Waals surface area contributed by atoms with E-state index >= 15 is 0 Å². The summed E-state index contributed by atoms with van der Waals surface area (Å²) in [6.07, 6.45) is 8.68.